The maximum atomic E-state index is 13.6. The van der Waals surface area contributed by atoms with Gasteiger partial charge >= 0.3 is 0 Å². The number of hydrogen-bond acceptors (Lipinski definition) is 5. The number of anilines is 1. The van der Waals surface area contributed by atoms with Crippen molar-refractivity contribution in [1.82, 2.24) is 15.1 Å². The van der Waals surface area contributed by atoms with Crippen molar-refractivity contribution >= 4 is 40.4 Å². The first-order chi connectivity index (χ1) is 17.9. The fraction of sp³-hybridized carbons (Fsp3) is 0.379. The highest BCUT2D eigenvalue weighted by Crippen LogP contribution is 2.43. The summed E-state index contributed by atoms with van der Waals surface area (Å²) in [7, 11) is 1.80. The zero-order valence-corrected chi connectivity index (χ0v) is 22.9. The van der Waals surface area contributed by atoms with Gasteiger partial charge in [-0.25, -0.2) is 0 Å². The van der Waals surface area contributed by atoms with E-state index in [2.05, 4.69) is 34.2 Å². The third-order valence-corrected chi connectivity index (χ3v) is 8.71. The molecule has 2 unspecified atom stereocenters. The molecule has 1 fully saturated rings. The first-order valence-corrected chi connectivity index (χ1v) is 14.1. The maximum absolute atomic E-state index is 13.6. The van der Waals surface area contributed by atoms with Gasteiger partial charge in [-0.1, -0.05) is 41.9 Å². The number of rotatable bonds is 7. The van der Waals surface area contributed by atoms with Crippen LogP contribution in [0.15, 0.2) is 60.0 Å². The summed E-state index contributed by atoms with van der Waals surface area (Å²) >= 11 is 7.81. The molecule has 0 spiro atoms. The molecule has 0 aliphatic carbocycles. The standard InChI is InChI=1S/C29H33ClN4O2S/c1-20-10-11-21(30)19-24(20)34-16-14-33(15-17-34)13-6-12-31-28(35)26-22-7-3-4-8-23(22)29(36)32(2)27(26)25-9-5-18-37-25/h3-5,7-11,18-19,26-27H,6,12-17H2,1-2H3,(H,31,35). The Morgan fingerprint density at radius 1 is 1.08 bits per heavy atom. The molecule has 6 nitrogen and oxygen atoms in total. The van der Waals surface area contributed by atoms with Crippen molar-refractivity contribution in [2.24, 2.45) is 0 Å². The van der Waals surface area contributed by atoms with Gasteiger partial charge in [0.05, 0.1) is 12.0 Å². The van der Waals surface area contributed by atoms with Crippen LogP contribution in [0.2, 0.25) is 5.02 Å². The van der Waals surface area contributed by atoms with Crippen molar-refractivity contribution in [1.29, 1.82) is 0 Å². The fourth-order valence-corrected chi connectivity index (χ4v) is 6.60. The number of amides is 2. The van der Waals surface area contributed by atoms with E-state index in [1.807, 2.05) is 47.8 Å². The molecule has 2 aromatic carbocycles. The summed E-state index contributed by atoms with van der Waals surface area (Å²) in [6, 6.07) is 17.3. The quantitative estimate of drug-likeness (QED) is 0.434. The summed E-state index contributed by atoms with van der Waals surface area (Å²) in [4.78, 5) is 34.2. The average Bonchev–Trinajstić information content (AvgIpc) is 3.45. The molecule has 0 radical (unpaired) electrons. The number of nitrogens with one attached hydrogen (secondary N) is 1. The van der Waals surface area contributed by atoms with Gasteiger partial charge < -0.3 is 15.1 Å². The number of benzene rings is 2. The summed E-state index contributed by atoms with van der Waals surface area (Å²) in [6.45, 7) is 7.59. The van der Waals surface area contributed by atoms with Gasteiger partial charge in [0.2, 0.25) is 5.91 Å². The molecule has 8 heteroatoms. The van der Waals surface area contributed by atoms with Crippen molar-refractivity contribution in [3.63, 3.8) is 0 Å². The highest BCUT2D eigenvalue weighted by atomic mass is 35.5. The number of fused-ring (bicyclic) bond motifs is 1. The zero-order chi connectivity index (χ0) is 25.9. The third kappa shape index (κ3) is 5.40. The highest BCUT2D eigenvalue weighted by molar-refractivity contribution is 7.10. The van der Waals surface area contributed by atoms with E-state index in [4.69, 9.17) is 11.6 Å². The lowest BCUT2D eigenvalue weighted by molar-refractivity contribution is -0.124. The number of carbonyl (C=O) groups excluding carboxylic acids is 2. The summed E-state index contributed by atoms with van der Waals surface area (Å²) < 4.78 is 0. The van der Waals surface area contributed by atoms with E-state index in [-0.39, 0.29) is 17.9 Å². The van der Waals surface area contributed by atoms with E-state index in [9.17, 15) is 9.59 Å². The van der Waals surface area contributed by atoms with Gasteiger partial charge in [-0.15, -0.1) is 11.3 Å². The number of carbonyl (C=O) groups is 2. The van der Waals surface area contributed by atoms with Crippen molar-refractivity contribution < 1.29 is 9.59 Å². The van der Waals surface area contributed by atoms with E-state index >= 15 is 0 Å². The fourth-order valence-electron chi connectivity index (χ4n) is 5.53. The molecule has 2 amide bonds. The number of thiophene rings is 1. The molecule has 194 valence electrons. The Hall–Kier alpha value is -2.87. The van der Waals surface area contributed by atoms with Gasteiger partial charge in [-0.2, -0.15) is 0 Å². The Kier molecular flexibility index (Phi) is 7.84. The third-order valence-electron chi connectivity index (χ3n) is 7.53. The molecule has 1 aromatic heterocycles. The molecular formula is C29H33ClN4O2S. The lowest BCUT2D eigenvalue weighted by atomic mass is 9.81. The molecule has 2 atom stereocenters. The molecular weight excluding hydrogens is 504 g/mol. The van der Waals surface area contributed by atoms with E-state index in [0.29, 0.717) is 12.1 Å². The summed E-state index contributed by atoms with van der Waals surface area (Å²) in [5, 5.41) is 5.96. The first kappa shape index (κ1) is 25.8. The van der Waals surface area contributed by atoms with Crippen LogP contribution in [0.5, 0.6) is 0 Å². The highest BCUT2D eigenvalue weighted by Gasteiger charge is 2.42. The van der Waals surface area contributed by atoms with Gasteiger partial charge in [0.15, 0.2) is 0 Å². The number of nitrogens with zero attached hydrogens (tertiary/aromatic N) is 3. The van der Waals surface area contributed by atoms with Gasteiger partial charge in [-0.3, -0.25) is 14.5 Å². The molecule has 2 aliphatic heterocycles. The number of aryl methyl sites for hydroxylation is 1. The van der Waals surface area contributed by atoms with Crippen molar-refractivity contribution in [3.8, 4) is 0 Å². The van der Waals surface area contributed by atoms with Crippen molar-refractivity contribution in [3.05, 3.63) is 86.6 Å². The number of hydrogen-bond donors (Lipinski definition) is 1. The van der Waals surface area contributed by atoms with Crippen LogP contribution in [0.25, 0.3) is 0 Å². The summed E-state index contributed by atoms with van der Waals surface area (Å²) in [5.74, 6) is -0.487. The van der Waals surface area contributed by atoms with Crippen molar-refractivity contribution in [2.75, 3.05) is 51.2 Å². The second-order valence-electron chi connectivity index (χ2n) is 9.85. The van der Waals surface area contributed by atoms with Gasteiger partial charge in [0.1, 0.15) is 0 Å². The topological polar surface area (TPSA) is 55.9 Å². The molecule has 0 saturated carbocycles. The van der Waals surface area contributed by atoms with Crippen LogP contribution < -0.4 is 10.2 Å². The largest absolute Gasteiger partial charge is 0.369 e. The monoisotopic (exact) mass is 536 g/mol. The van der Waals surface area contributed by atoms with E-state index in [1.54, 1.807) is 23.3 Å². The molecule has 3 aromatic rings. The molecule has 5 rings (SSSR count). The van der Waals surface area contributed by atoms with Crippen LogP contribution in [-0.4, -0.2) is 67.9 Å². The van der Waals surface area contributed by atoms with Crippen LogP contribution >= 0.6 is 22.9 Å². The van der Waals surface area contributed by atoms with Crippen LogP contribution in [0.3, 0.4) is 0 Å². The number of halogens is 1. The Morgan fingerprint density at radius 3 is 2.62 bits per heavy atom. The molecule has 37 heavy (non-hydrogen) atoms. The number of likely N-dealkylation sites (N-methyl/N-ethyl adjacent to an activating group) is 1. The average molecular weight is 537 g/mol. The van der Waals surface area contributed by atoms with Crippen LogP contribution in [0, 0.1) is 6.92 Å². The Balaban J connectivity index is 1.17. The van der Waals surface area contributed by atoms with Crippen LogP contribution in [-0.2, 0) is 4.79 Å². The lowest BCUT2D eigenvalue weighted by Gasteiger charge is -2.39. The minimum absolute atomic E-state index is 0.0218. The molecule has 1 N–H and O–H groups in total. The normalized spacial score (nSPS) is 20.1. The lowest BCUT2D eigenvalue weighted by Crippen LogP contribution is -2.47. The minimum Gasteiger partial charge on any atom is -0.369 e. The SMILES string of the molecule is Cc1ccc(Cl)cc1N1CCN(CCCNC(=O)C2c3ccccc3C(=O)N(C)C2c2cccs2)CC1. The minimum atomic E-state index is -0.429. The molecule has 1 saturated heterocycles. The Bertz CT molecular complexity index is 1260. The molecule has 2 aliphatic rings. The second-order valence-corrected chi connectivity index (χ2v) is 11.3. The summed E-state index contributed by atoms with van der Waals surface area (Å²) in [6.07, 6.45) is 0.884. The Labute approximate surface area is 227 Å². The van der Waals surface area contributed by atoms with Crippen LogP contribution in [0.4, 0.5) is 5.69 Å². The molecule has 3 heterocycles. The summed E-state index contributed by atoms with van der Waals surface area (Å²) in [5.41, 5.74) is 3.90. The van der Waals surface area contributed by atoms with Gasteiger partial charge in [0, 0.05) is 60.9 Å². The van der Waals surface area contributed by atoms with E-state index < -0.39 is 5.92 Å². The van der Waals surface area contributed by atoms with Crippen LogP contribution in [0.1, 0.15) is 44.7 Å². The predicted octanol–water partition coefficient (Wildman–Crippen LogP) is 4.95. The molecule has 0 bridgehead atoms. The maximum Gasteiger partial charge on any atom is 0.254 e. The first-order valence-electron chi connectivity index (χ1n) is 12.8. The van der Waals surface area contributed by atoms with E-state index in [1.165, 1.54) is 11.3 Å². The second kappa shape index (κ2) is 11.3. The zero-order valence-electron chi connectivity index (χ0n) is 21.3. The van der Waals surface area contributed by atoms with Gasteiger partial charge in [0.25, 0.3) is 5.91 Å². The Morgan fingerprint density at radius 2 is 1.86 bits per heavy atom. The van der Waals surface area contributed by atoms with Gasteiger partial charge in [-0.05, 0) is 60.7 Å². The smallest absolute Gasteiger partial charge is 0.254 e. The number of piperazine rings is 1. The predicted molar refractivity (Wildman–Crippen MR) is 151 cm³/mol. The van der Waals surface area contributed by atoms with E-state index in [0.717, 1.165) is 54.6 Å². The van der Waals surface area contributed by atoms with Crippen molar-refractivity contribution in [2.45, 2.75) is 25.3 Å².